The molecule has 0 aliphatic rings. The first-order valence-corrected chi connectivity index (χ1v) is 8.23. The highest BCUT2D eigenvalue weighted by molar-refractivity contribution is 6.30. The van der Waals surface area contributed by atoms with E-state index < -0.39 is 0 Å². The minimum absolute atomic E-state index is 0.112. The van der Waals surface area contributed by atoms with Crippen molar-refractivity contribution in [1.29, 1.82) is 0 Å². The van der Waals surface area contributed by atoms with Gasteiger partial charge in [0.05, 0.1) is 18.3 Å². The number of pyridine rings is 1. The second kappa shape index (κ2) is 7.55. The molecule has 1 atom stereocenters. The molecule has 5 nitrogen and oxygen atoms in total. The van der Waals surface area contributed by atoms with Gasteiger partial charge in [-0.05, 0) is 29.8 Å². The van der Waals surface area contributed by atoms with Crippen molar-refractivity contribution in [1.82, 2.24) is 20.4 Å². The maximum Gasteiger partial charge on any atom is 0.240 e. The summed E-state index contributed by atoms with van der Waals surface area (Å²) in [6, 6.07) is 13.5. The van der Waals surface area contributed by atoms with E-state index in [9.17, 15) is 0 Å². The Balaban J connectivity index is 1.82. The van der Waals surface area contributed by atoms with Gasteiger partial charge in [-0.15, -0.1) is 0 Å². The van der Waals surface area contributed by atoms with E-state index >= 15 is 0 Å². The fourth-order valence-electron chi connectivity index (χ4n) is 2.39. The standard InChI is InChI=1S/C18H19ClN4O/c1-12(2)18-22-16(24-23-18)11-21-17(15-8-3-4-9-20-15)13-6-5-7-14(19)10-13/h3-10,12,17,21H,11H2,1-2H3. The molecule has 1 unspecified atom stereocenters. The van der Waals surface area contributed by atoms with E-state index in [0.29, 0.717) is 23.3 Å². The molecular weight excluding hydrogens is 324 g/mol. The maximum atomic E-state index is 6.14. The molecule has 3 rings (SSSR count). The second-order valence-electron chi connectivity index (χ2n) is 5.82. The van der Waals surface area contributed by atoms with Gasteiger partial charge >= 0.3 is 0 Å². The first kappa shape index (κ1) is 16.6. The highest BCUT2D eigenvalue weighted by Crippen LogP contribution is 2.23. The normalized spacial score (nSPS) is 12.5. The lowest BCUT2D eigenvalue weighted by Gasteiger charge is -2.18. The lowest BCUT2D eigenvalue weighted by atomic mass is 10.0. The highest BCUT2D eigenvalue weighted by Gasteiger charge is 2.17. The summed E-state index contributed by atoms with van der Waals surface area (Å²) in [5.74, 6) is 1.51. The Morgan fingerprint density at radius 1 is 1.17 bits per heavy atom. The Labute approximate surface area is 146 Å². The quantitative estimate of drug-likeness (QED) is 0.730. The van der Waals surface area contributed by atoms with Crippen LogP contribution < -0.4 is 5.32 Å². The first-order valence-electron chi connectivity index (χ1n) is 7.85. The molecule has 6 heteroatoms. The van der Waals surface area contributed by atoms with Crippen LogP contribution >= 0.6 is 11.6 Å². The van der Waals surface area contributed by atoms with Crippen molar-refractivity contribution in [2.75, 3.05) is 0 Å². The summed E-state index contributed by atoms with van der Waals surface area (Å²) in [6.45, 7) is 4.52. The molecule has 0 radical (unpaired) electrons. The van der Waals surface area contributed by atoms with E-state index in [-0.39, 0.29) is 12.0 Å². The van der Waals surface area contributed by atoms with Crippen molar-refractivity contribution >= 4 is 11.6 Å². The van der Waals surface area contributed by atoms with E-state index in [1.165, 1.54) is 0 Å². The van der Waals surface area contributed by atoms with Crippen LogP contribution in [-0.2, 0) is 6.54 Å². The number of halogens is 1. The number of benzene rings is 1. The Kier molecular flexibility index (Phi) is 5.23. The Hall–Kier alpha value is -2.24. The largest absolute Gasteiger partial charge is 0.338 e. The monoisotopic (exact) mass is 342 g/mol. The van der Waals surface area contributed by atoms with Crippen LogP contribution in [0, 0.1) is 0 Å². The third kappa shape index (κ3) is 3.99. The Morgan fingerprint density at radius 2 is 2.04 bits per heavy atom. The predicted molar refractivity (Wildman–Crippen MR) is 92.8 cm³/mol. The molecule has 24 heavy (non-hydrogen) atoms. The van der Waals surface area contributed by atoms with Crippen LogP contribution in [0.4, 0.5) is 0 Å². The molecule has 3 aromatic rings. The first-order chi connectivity index (χ1) is 11.6. The molecule has 2 heterocycles. The SMILES string of the molecule is CC(C)c1noc(CNC(c2cccc(Cl)c2)c2ccccn2)n1. The average Bonchev–Trinajstić information content (AvgIpc) is 3.05. The topological polar surface area (TPSA) is 63.8 Å². The van der Waals surface area contributed by atoms with Crippen LogP contribution in [0.15, 0.2) is 53.2 Å². The van der Waals surface area contributed by atoms with Gasteiger partial charge < -0.3 is 4.52 Å². The average molecular weight is 343 g/mol. The van der Waals surface area contributed by atoms with Gasteiger partial charge in [0.1, 0.15) is 0 Å². The van der Waals surface area contributed by atoms with Gasteiger partial charge in [0, 0.05) is 17.1 Å². The van der Waals surface area contributed by atoms with Gasteiger partial charge in [0.25, 0.3) is 0 Å². The van der Waals surface area contributed by atoms with Gasteiger partial charge in [0.2, 0.25) is 5.89 Å². The molecule has 2 aromatic heterocycles. The zero-order valence-corrected chi connectivity index (χ0v) is 14.4. The summed E-state index contributed by atoms with van der Waals surface area (Å²) in [7, 11) is 0. The van der Waals surface area contributed by atoms with E-state index in [4.69, 9.17) is 16.1 Å². The maximum absolute atomic E-state index is 6.14. The van der Waals surface area contributed by atoms with Crippen molar-refractivity contribution in [3.8, 4) is 0 Å². The van der Waals surface area contributed by atoms with E-state index in [0.717, 1.165) is 11.3 Å². The summed E-state index contributed by atoms with van der Waals surface area (Å²) in [5, 5.41) is 8.11. The lowest BCUT2D eigenvalue weighted by Crippen LogP contribution is -2.23. The molecule has 0 bridgehead atoms. The van der Waals surface area contributed by atoms with Crippen molar-refractivity contribution < 1.29 is 4.52 Å². The third-order valence-corrected chi connectivity index (χ3v) is 3.86. The molecule has 0 spiro atoms. The summed E-state index contributed by atoms with van der Waals surface area (Å²) < 4.78 is 5.30. The molecule has 1 N–H and O–H groups in total. The van der Waals surface area contributed by atoms with E-state index in [1.54, 1.807) is 6.20 Å². The van der Waals surface area contributed by atoms with Crippen LogP contribution in [-0.4, -0.2) is 15.1 Å². The second-order valence-corrected chi connectivity index (χ2v) is 6.26. The molecule has 1 aromatic carbocycles. The molecule has 0 saturated carbocycles. The number of nitrogens with zero attached hydrogens (tertiary/aromatic N) is 3. The molecular formula is C18H19ClN4O. The molecule has 0 amide bonds. The molecule has 0 aliphatic heterocycles. The zero-order valence-electron chi connectivity index (χ0n) is 13.6. The summed E-state index contributed by atoms with van der Waals surface area (Å²) in [6.07, 6.45) is 1.78. The minimum Gasteiger partial charge on any atom is -0.338 e. The van der Waals surface area contributed by atoms with Gasteiger partial charge in [0.15, 0.2) is 5.82 Å². The van der Waals surface area contributed by atoms with Crippen molar-refractivity contribution in [3.05, 3.63) is 76.7 Å². The minimum atomic E-state index is -0.112. The molecule has 0 fully saturated rings. The Bertz CT molecular complexity index is 788. The van der Waals surface area contributed by atoms with Crippen molar-refractivity contribution in [2.24, 2.45) is 0 Å². The predicted octanol–water partition coefficient (Wildman–Crippen LogP) is 4.12. The van der Waals surface area contributed by atoms with E-state index in [1.807, 2.05) is 56.3 Å². The highest BCUT2D eigenvalue weighted by atomic mass is 35.5. The van der Waals surface area contributed by atoms with Crippen LogP contribution in [0.2, 0.25) is 5.02 Å². The van der Waals surface area contributed by atoms with Crippen LogP contribution in [0.1, 0.15) is 48.8 Å². The van der Waals surface area contributed by atoms with Crippen molar-refractivity contribution in [2.45, 2.75) is 32.4 Å². The summed E-state index contributed by atoms with van der Waals surface area (Å²) in [5.41, 5.74) is 1.94. The number of nitrogens with one attached hydrogen (secondary N) is 1. The van der Waals surface area contributed by atoms with Crippen LogP contribution in [0.5, 0.6) is 0 Å². The molecule has 0 aliphatic carbocycles. The van der Waals surface area contributed by atoms with Gasteiger partial charge in [-0.3, -0.25) is 10.3 Å². The fraction of sp³-hybridized carbons (Fsp3) is 0.278. The fourth-order valence-corrected chi connectivity index (χ4v) is 2.59. The van der Waals surface area contributed by atoms with Crippen LogP contribution in [0.25, 0.3) is 0 Å². The summed E-state index contributed by atoms with van der Waals surface area (Å²) >= 11 is 6.14. The van der Waals surface area contributed by atoms with Gasteiger partial charge in [-0.25, -0.2) is 0 Å². The number of aromatic nitrogens is 3. The van der Waals surface area contributed by atoms with Gasteiger partial charge in [-0.1, -0.05) is 48.8 Å². The van der Waals surface area contributed by atoms with Crippen molar-refractivity contribution in [3.63, 3.8) is 0 Å². The molecule has 124 valence electrons. The number of hydrogen-bond acceptors (Lipinski definition) is 5. The Morgan fingerprint density at radius 3 is 2.71 bits per heavy atom. The lowest BCUT2D eigenvalue weighted by molar-refractivity contribution is 0.356. The smallest absolute Gasteiger partial charge is 0.240 e. The van der Waals surface area contributed by atoms with Crippen LogP contribution in [0.3, 0.4) is 0 Å². The third-order valence-electron chi connectivity index (χ3n) is 3.62. The number of hydrogen-bond donors (Lipinski definition) is 1. The summed E-state index contributed by atoms with van der Waals surface area (Å²) in [4.78, 5) is 8.86. The number of rotatable bonds is 6. The van der Waals surface area contributed by atoms with Gasteiger partial charge in [-0.2, -0.15) is 4.98 Å². The zero-order chi connectivity index (χ0) is 16.9. The molecule has 0 saturated heterocycles. The van der Waals surface area contributed by atoms with E-state index in [2.05, 4.69) is 20.4 Å².